The van der Waals surface area contributed by atoms with Crippen LogP contribution in [0.4, 0.5) is 0 Å². The molecular formula is C14H20N2O3. The number of fused-ring (bicyclic) bond motifs is 1. The molecule has 0 aromatic heterocycles. The van der Waals surface area contributed by atoms with Gasteiger partial charge in [0, 0.05) is 18.6 Å². The van der Waals surface area contributed by atoms with Crippen LogP contribution in [0.5, 0.6) is 11.5 Å². The van der Waals surface area contributed by atoms with Gasteiger partial charge in [0.25, 0.3) is 0 Å². The molecule has 104 valence electrons. The molecule has 0 saturated carbocycles. The lowest BCUT2D eigenvalue weighted by Crippen LogP contribution is -2.47. The average Bonchev–Trinajstić information content (AvgIpc) is 2.47. The molecule has 2 aliphatic heterocycles. The number of nitrogens with two attached hydrogens (primary N) is 1. The molecule has 0 radical (unpaired) electrons. The molecule has 5 nitrogen and oxygen atoms in total. The Hall–Kier alpha value is -1.30. The second-order valence-corrected chi connectivity index (χ2v) is 5.01. The molecule has 2 aliphatic rings. The van der Waals surface area contributed by atoms with Gasteiger partial charge in [-0.1, -0.05) is 0 Å². The van der Waals surface area contributed by atoms with Gasteiger partial charge < -0.3 is 25.3 Å². The number of ether oxygens (including phenoxy) is 3. The Morgan fingerprint density at radius 3 is 2.63 bits per heavy atom. The molecule has 0 amide bonds. The molecule has 1 aromatic carbocycles. The van der Waals surface area contributed by atoms with E-state index in [1.807, 2.05) is 12.1 Å². The zero-order valence-corrected chi connectivity index (χ0v) is 11.1. The van der Waals surface area contributed by atoms with E-state index >= 15 is 0 Å². The molecular weight excluding hydrogens is 244 g/mol. The van der Waals surface area contributed by atoms with E-state index in [-0.39, 0.29) is 12.1 Å². The van der Waals surface area contributed by atoms with Gasteiger partial charge in [-0.15, -0.1) is 0 Å². The minimum absolute atomic E-state index is 0.101. The van der Waals surface area contributed by atoms with Crippen LogP contribution in [0.25, 0.3) is 0 Å². The summed E-state index contributed by atoms with van der Waals surface area (Å²) >= 11 is 0. The summed E-state index contributed by atoms with van der Waals surface area (Å²) in [4.78, 5) is 0. The van der Waals surface area contributed by atoms with Crippen LogP contribution in [0, 0.1) is 6.92 Å². The fraction of sp³-hybridized carbons (Fsp3) is 0.571. The number of nitrogens with one attached hydrogen (secondary N) is 1. The molecule has 2 atom stereocenters. The summed E-state index contributed by atoms with van der Waals surface area (Å²) in [5, 5.41) is 3.40. The van der Waals surface area contributed by atoms with Crippen molar-refractivity contribution >= 4 is 0 Å². The zero-order valence-electron chi connectivity index (χ0n) is 11.1. The van der Waals surface area contributed by atoms with Gasteiger partial charge in [0.15, 0.2) is 11.5 Å². The summed E-state index contributed by atoms with van der Waals surface area (Å²) in [5.41, 5.74) is 8.58. The summed E-state index contributed by atoms with van der Waals surface area (Å²) in [6.45, 7) is 5.50. The monoisotopic (exact) mass is 264 g/mol. The molecule has 2 unspecified atom stereocenters. The second-order valence-electron chi connectivity index (χ2n) is 5.01. The molecule has 0 aliphatic carbocycles. The summed E-state index contributed by atoms with van der Waals surface area (Å²) in [6, 6.07) is 4.06. The van der Waals surface area contributed by atoms with Crippen molar-refractivity contribution in [3.05, 3.63) is 23.3 Å². The molecule has 2 heterocycles. The van der Waals surface area contributed by atoms with Crippen molar-refractivity contribution in [2.45, 2.75) is 19.0 Å². The average molecular weight is 264 g/mol. The number of aryl methyl sites for hydroxylation is 1. The first-order valence-corrected chi connectivity index (χ1v) is 6.72. The van der Waals surface area contributed by atoms with Crippen LogP contribution in [-0.2, 0) is 4.74 Å². The fourth-order valence-electron chi connectivity index (χ4n) is 2.60. The van der Waals surface area contributed by atoms with E-state index in [9.17, 15) is 0 Å². The third-order valence-electron chi connectivity index (χ3n) is 3.67. The number of benzene rings is 1. The van der Waals surface area contributed by atoms with Crippen LogP contribution in [0.2, 0.25) is 0 Å². The van der Waals surface area contributed by atoms with E-state index in [4.69, 9.17) is 19.9 Å². The van der Waals surface area contributed by atoms with E-state index in [0.29, 0.717) is 19.8 Å². The number of hydrogen-bond donors (Lipinski definition) is 2. The van der Waals surface area contributed by atoms with Crippen molar-refractivity contribution in [2.24, 2.45) is 5.73 Å². The number of hydrogen-bond acceptors (Lipinski definition) is 5. The molecule has 5 heteroatoms. The predicted molar refractivity (Wildman–Crippen MR) is 71.7 cm³/mol. The molecule has 0 bridgehead atoms. The van der Waals surface area contributed by atoms with Crippen LogP contribution in [-0.4, -0.2) is 39.0 Å². The smallest absolute Gasteiger partial charge is 0.161 e. The molecule has 1 saturated heterocycles. The van der Waals surface area contributed by atoms with Crippen molar-refractivity contribution in [3.63, 3.8) is 0 Å². The van der Waals surface area contributed by atoms with Gasteiger partial charge in [-0.3, -0.25) is 0 Å². The number of morpholine rings is 1. The van der Waals surface area contributed by atoms with E-state index in [2.05, 4.69) is 12.2 Å². The number of rotatable bonds is 2. The van der Waals surface area contributed by atoms with Crippen LogP contribution in [0.3, 0.4) is 0 Å². The highest BCUT2D eigenvalue weighted by atomic mass is 16.6. The van der Waals surface area contributed by atoms with Gasteiger partial charge in [-0.25, -0.2) is 0 Å². The molecule has 3 rings (SSSR count). The predicted octanol–water partition coefficient (Wildman–Crippen LogP) is 0.754. The van der Waals surface area contributed by atoms with Crippen molar-refractivity contribution in [2.75, 3.05) is 33.0 Å². The summed E-state index contributed by atoms with van der Waals surface area (Å²) in [7, 11) is 0. The van der Waals surface area contributed by atoms with Crippen molar-refractivity contribution < 1.29 is 14.2 Å². The minimum atomic E-state index is -0.101. The molecule has 0 spiro atoms. The van der Waals surface area contributed by atoms with Crippen LogP contribution >= 0.6 is 0 Å². The lowest BCUT2D eigenvalue weighted by molar-refractivity contribution is 0.0683. The Labute approximate surface area is 113 Å². The molecule has 19 heavy (non-hydrogen) atoms. The first-order valence-electron chi connectivity index (χ1n) is 6.72. The van der Waals surface area contributed by atoms with Gasteiger partial charge in [-0.2, -0.15) is 0 Å². The summed E-state index contributed by atoms with van der Waals surface area (Å²) < 4.78 is 16.7. The van der Waals surface area contributed by atoms with Crippen LogP contribution < -0.4 is 20.5 Å². The van der Waals surface area contributed by atoms with E-state index in [0.717, 1.165) is 35.8 Å². The highest BCUT2D eigenvalue weighted by molar-refractivity contribution is 5.49. The van der Waals surface area contributed by atoms with Gasteiger partial charge >= 0.3 is 0 Å². The van der Waals surface area contributed by atoms with Crippen LogP contribution in [0.15, 0.2) is 12.1 Å². The van der Waals surface area contributed by atoms with E-state index in [1.165, 1.54) is 0 Å². The largest absolute Gasteiger partial charge is 0.486 e. The SMILES string of the molecule is Cc1cc2c(cc1C(N)C1COCCN1)OCCO2. The highest BCUT2D eigenvalue weighted by Gasteiger charge is 2.25. The van der Waals surface area contributed by atoms with E-state index in [1.54, 1.807) is 0 Å². The third kappa shape index (κ3) is 2.54. The van der Waals surface area contributed by atoms with Crippen molar-refractivity contribution in [1.29, 1.82) is 0 Å². The van der Waals surface area contributed by atoms with Gasteiger partial charge in [0.05, 0.1) is 13.2 Å². The summed E-state index contributed by atoms with van der Waals surface area (Å²) in [5.74, 6) is 1.60. The summed E-state index contributed by atoms with van der Waals surface area (Å²) in [6.07, 6.45) is 0. The normalized spacial score (nSPS) is 24.0. The standard InChI is InChI=1S/C14H20N2O3/c1-9-6-12-13(19-5-4-18-12)7-10(9)14(15)11-8-17-3-2-16-11/h6-7,11,14,16H,2-5,8,15H2,1H3. The Morgan fingerprint density at radius 2 is 1.95 bits per heavy atom. The maximum atomic E-state index is 6.36. The van der Waals surface area contributed by atoms with Gasteiger partial charge in [-0.05, 0) is 30.2 Å². The molecule has 1 fully saturated rings. The van der Waals surface area contributed by atoms with Crippen molar-refractivity contribution in [1.82, 2.24) is 5.32 Å². The fourth-order valence-corrected chi connectivity index (χ4v) is 2.60. The molecule has 1 aromatic rings. The highest BCUT2D eigenvalue weighted by Crippen LogP contribution is 2.35. The van der Waals surface area contributed by atoms with Crippen LogP contribution in [0.1, 0.15) is 17.2 Å². The maximum Gasteiger partial charge on any atom is 0.161 e. The Morgan fingerprint density at radius 1 is 1.21 bits per heavy atom. The lowest BCUT2D eigenvalue weighted by Gasteiger charge is -2.30. The lowest BCUT2D eigenvalue weighted by atomic mass is 9.95. The third-order valence-corrected chi connectivity index (χ3v) is 3.67. The maximum absolute atomic E-state index is 6.36. The first kappa shape index (κ1) is 12.7. The van der Waals surface area contributed by atoms with Gasteiger partial charge in [0.2, 0.25) is 0 Å². The second kappa shape index (κ2) is 5.36. The Balaban J connectivity index is 1.86. The quantitative estimate of drug-likeness (QED) is 0.825. The van der Waals surface area contributed by atoms with E-state index < -0.39 is 0 Å². The minimum Gasteiger partial charge on any atom is -0.486 e. The van der Waals surface area contributed by atoms with Crippen molar-refractivity contribution in [3.8, 4) is 11.5 Å². The van der Waals surface area contributed by atoms with Gasteiger partial charge in [0.1, 0.15) is 13.2 Å². The zero-order chi connectivity index (χ0) is 13.2. The Kier molecular flexibility index (Phi) is 3.59. The Bertz CT molecular complexity index is 458. The molecule has 3 N–H and O–H groups in total. The topological polar surface area (TPSA) is 65.7 Å². The first-order chi connectivity index (χ1) is 9.25.